The normalized spacial score (nSPS) is 41.5. The molecule has 0 heterocycles. The number of halogens is 7. The van der Waals surface area contributed by atoms with Crippen molar-refractivity contribution in [3.63, 3.8) is 0 Å². The van der Waals surface area contributed by atoms with Gasteiger partial charge in [-0.05, 0) is 20.8 Å². The molecule has 3 rings (SSSR count). The van der Waals surface area contributed by atoms with E-state index in [1.807, 2.05) is 0 Å². The molecule has 0 saturated carbocycles. The van der Waals surface area contributed by atoms with E-state index in [4.69, 9.17) is 0 Å². The molecule has 0 aromatic carbocycles. The van der Waals surface area contributed by atoms with Gasteiger partial charge in [-0.2, -0.15) is 26.3 Å². The summed E-state index contributed by atoms with van der Waals surface area (Å²) in [7, 11) is 0. The van der Waals surface area contributed by atoms with E-state index in [9.17, 15) is 30.7 Å². The lowest BCUT2D eigenvalue weighted by Crippen LogP contribution is -2.67. The van der Waals surface area contributed by atoms with Crippen molar-refractivity contribution < 1.29 is 30.7 Å². The third-order valence-electron chi connectivity index (χ3n) is 4.35. The first-order valence-corrected chi connectivity index (χ1v) is 5.97. The average Bonchev–Trinajstić information content (AvgIpc) is 2.16. The Morgan fingerprint density at radius 3 is 1.65 bits per heavy atom. The molecule has 3 aliphatic rings. The zero-order valence-corrected chi connectivity index (χ0v) is 11.0. The van der Waals surface area contributed by atoms with Crippen LogP contribution in [0.25, 0.3) is 0 Å². The highest BCUT2D eigenvalue weighted by atomic mass is 19.4. The van der Waals surface area contributed by atoms with Gasteiger partial charge in [0.2, 0.25) is 5.67 Å². The van der Waals surface area contributed by atoms with E-state index in [0.29, 0.717) is 0 Å². The summed E-state index contributed by atoms with van der Waals surface area (Å²) < 4.78 is 93.6. The van der Waals surface area contributed by atoms with Gasteiger partial charge in [0.05, 0.1) is 0 Å². The summed E-state index contributed by atoms with van der Waals surface area (Å²) in [5.74, 6) is -4.70. The zero-order chi connectivity index (χ0) is 15.7. The molecule has 3 aliphatic carbocycles. The van der Waals surface area contributed by atoms with Crippen molar-refractivity contribution in [1.82, 2.24) is 0 Å². The fourth-order valence-corrected chi connectivity index (χ4v) is 3.72. The summed E-state index contributed by atoms with van der Waals surface area (Å²) >= 11 is 0. The van der Waals surface area contributed by atoms with Crippen LogP contribution in [-0.4, -0.2) is 18.0 Å². The topological polar surface area (TPSA) is 0 Å². The molecule has 0 nitrogen and oxygen atoms in total. The van der Waals surface area contributed by atoms with Gasteiger partial charge in [-0.3, -0.25) is 0 Å². The van der Waals surface area contributed by atoms with Crippen molar-refractivity contribution in [3.05, 3.63) is 23.3 Å². The molecular weight excluding hydrogens is 289 g/mol. The van der Waals surface area contributed by atoms with E-state index in [0.717, 1.165) is 19.1 Å². The van der Waals surface area contributed by atoms with Crippen LogP contribution in [0.3, 0.4) is 0 Å². The van der Waals surface area contributed by atoms with Gasteiger partial charge in [0.25, 0.3) is 0 Å². The molecule has 2 atom stereocenters. The number of alkyl halides is 7. The number of hydrogen-bond donors (Lipinski definition) is 0. The van der Waals surface area contributed by atoms with Crippen LogP contribution in [0.15, 0.2) is 23.3 Å². The summed E-state index contributed by atoms with van der Waals surface area (Å²) in [5.41, 5.74) is -6.42. The van der Waals surface area contributed by atoms with Gasteiger partial charge in [-0.1, -0.05) is 23.3 Å². The number of allylic oxidation sites excluding steroid dienone is 4. The van der Waals surface area contributed by atoms with Crippen molar-refractivity contribution in [2.24, 2.45) is 17.3 Å². The van der Waals surface area contributed by atoms with Gasteiger partial charge < -0.3 is 0 Å². The smallest absolute Gasteiger partial charge is 0.232 e. The average molecular weight is 302 g/mol. The predicted octanol–water partition coefficient (Wildman–Crippen LogP) is 4.98. The maximum Gasteiger partial charge on any atom is 0.424 e. The molecule has 0 N–H and O–H groups in total. The quantitative estimate of drug-likeness (QED) is 0.437. The van der Waals surface area contributed by atoms with Crippen molar-refractivity contribution >= 4 is 0 Å². The molecule has 0 saturated heterocycles. The molecule has 0 aromatic heterocycles. The van der Waals surface area contributed by atoms with Gasteiger partial charge in [0.15, 0.2) is 0 Å². The highest BCUT2D eigenvalue weighted by molar-refractivity contribution is 5.43. The molecule has 0 aliphatic heterocycles. The molecule has 2 bridgehead atoms. The first-order valence-electron chi connectivity index (χ1n) is 5.97. The fraction of sp³-hybridized carbons (Fsp3) is 0.692. The molecule has 0 aromatic rings. The van der Waals surface area contributed by atoms with Gasteiger partial charge in [-0.25, -0.2) is 4.39 Å². The molecule has 20 heavy (non-hydrogen) atoms. The second-order valence-electron chi connectivity index (χ2n) is 5.77. The van der Waals surface area contributed by atoms with Crippen molar-refractivity contribution in [3.8, 4) is 0 Å². The zero-order valence-electron chi connectivity index (χ0n) is 11.0. The SMILES string of the molecule is CC1=CC2(C)C=C(C)C1C(C(F)(F)F)C2(F)C(F)(F)F. The molecule has 0 radical (unpaired) electrons. The van der Waals surface area contributed by atoms with Crippen LogP contribution >= 0.6 is 0 Å². The highest BCUT2D eigenvalue weighted by Crippen LogP contribution is 2.66. The Hall–Kier alpha value is -1.01. The Morgan fingerprint density at radius 2 is 1.35 bits per heavy atom. The van der Waals surface area contributed by atoms with Crippen LogP contribution in [0, 0.1) is 17.3 Å². The molecule has 0 amide bonds. The minimum absolute atomic E-state index is 0.132. The maximum atomic E-state index is 14.7. The van der Waals surface area contributed by atoms with Crippen molar-refractivity contribution in [2.75, 3.05) is 0 Å². The summed E-state index contributed by atoms with van der Waals surface area (Å²) in [4.78, 5) is 0. The molecule has 0 fully saturated rings. The van der Waals surface area contributed by atoms with E-state index < -0.39 is 35.3 Å². The van der Waals surface area contributed by atoms with E-state index in [-0.39, 0.29) is 11.1 Å². The Kier molecular flexibility index (Phi) is 2.92. The van der Waals surface area contributed by atoms with Gasteiger partial charge in [-0.15, -0.1) is 0 Å². The first-order chi connectivity index (χ1) is 8.76. The van der Waals surface area contributed by atoms with Crippen LogP contribution in [0.5, 0.6) is 0 Å². The lowest BCUT2D eigenvalue weighted by molar-refractivity contribution is -0.332. The Labute approximate surface area is 111 Å². The third-order valence-corrected chi connectivity index (χ3v) is 4.35. The fourth-order valence-electron chi connectivity index (χ4n) is 3.72. The van der Waals surface area contributed by atoms with E-state index >= 15 is 0 Å². The van der Waals surface area contributed by atoms with Crippen LogP contribution in [0.1, 0.15) is 20.8 Å². The predicted molar refractivity (Wildman–Crippen MR) is 58.6 cm³/mol. The number of rotatable bonds is 0. The minimum atomic E-state index is -5.60. The Morgan fingerprint density at radius 1 is 0.950 bits per heavy atom. The van der Waals surface area contributed by atoms with Gasteiger partial charge >= 0.3 is 12.4 Å². The first kappa shape index (κ1) is 15.4. The summed E-state index contributed by atoms with van der Waals surface area (Å²) in [5, 5.41) is 0. The number of hydrogen-bond acceptors (Lipinski definition) is 0. The second kappa shape index (κ2) is 3.80. The van der Waals surface area contributed by atoms with E-state index in [2.05, 4.69) is 0 Å². The largest absolute Gasteiger partial charge is 0.424 e. The highest BCUT2D eigenvalue weighted by Gasteiger charge is 2.78. The lowest BCUT2D eigenvalue weighted by atomic mass is 9.52. The lowest BCUT2D eigenvalue weighted by Gasteiger charge is -2.55. The third kappa shape index (κ3) is 1.67. The van der Waals surface area contributed by atoms with E-state index in [1.54, 1.807) is 0 Å². The molecule has 0 spiro atoms. The summed E-state index contributed by atoms with van der Waals surface area (Å²) in [6.45, 7) is 3.49. The molecule has 2 unspecified atom stereocenters. The van der Waals surface area contributed by atoms with Crippen molar-refractivity contribution in [1.29, 1.82) is 0 Å². The van der Waals surface area contributed by atoms with Gasteiger partial charge in [0, 0.05) is 11.3 Å². The maximum absolute atomic E-state index is 14.7. The van der Waals surface area contributed by atoms with E-state index in [1.165, 1.54) is 13.8 Å². The van der Waals surface area contributed by atoms with Gasteiger partial charge in [0.1, 0.15) is 5.92 Å². The Bertz CT molecular complexity index is 474. The number of fused-ring (bicyclic) bond motifs is 1. The second-order valence-corrected chi connectivity index (χ2v) is 5.77. The standard InChI is InChI=1S/C13H13F7/c1-6-4-10(3)5-7(2)8(6)9(12(15,16)17)11(10,14)13(18,19)20/h4-5,8-9H,1-3H3. The minimum Gasteiger partial charge on any atom is -0.232 e. The molecule has 7 heteroatoms. The Balaban J connectivity index is 2.79. The summed E-state index contributed by atoms with van der Waals surface area (Å²) in [6, 6.07) is 0. The van der Waals surface area contributed by atoms with Crippen LogP contribution in [-0.2, 0) is 0 Å². The summed E-state index contributed by atoms with van der Waals surface area (Å²) in [6.07, 6.45) is -8.93. The van der Waals surface area contributed by atoms with Crippen molar-refractivity contribution in [2.45, 2.75) is 38.8 Å². The van der Waals surface area contributed by atoms with Crippen LogP contribution in [0.4, 0.5) is 30.7 Å². The van der Waals surface area contributed by atoms with Crippen LogP contribution in [0.2, 0.25) is 0 Å². The molecule has 114 valence electrons. The molecular formula is C13H13F7. The van der Waals surface area contributed by atoms with Crippen LogP contribution < -0.4 is 0 Å². The monoisotopic (exact) mass is 302 g/mol.